The largest absolute Gasteiger partial charge is 0.380 e. The van der Waals surface area contributed by atoms with E-state index >= 15 is 0 Å². The molecule has 0 radical (unpaired) electrons. The van der Waals surface area contributed by atoms with E-state index in [1.807, 2.05) is 24.3 Å². The molecule has 1 aliphatic rings. The molecule has 1 unspecified atom stereocenters. The highest BCUT2D eigenvalue weighted by atomic mass is 32.2. The summed E-state index contributed by atoms with van der Waals surface area (Å²) in [6, 6.07) is 7.59. The standard InChI is InChI=1S/C14H21N3O4S/c1-20-9-11-4-2-3-5-13(11)17-14(15)16-8-12-10-22(18,19)7-6-21-12/h2-5,12H,6-10H2,1H3,(H3,15,16,17). The molecule has 7 nitrogen and oxygen atoms in total. The van der Waals surface area contributed by atoms with Crippen LogP contribution in [0.2, 0.25) is 0 Å². The molecular weight excluding hydrogens is 306 g/mol. The van der Waals surface area contributed by atoms with Crippen LogP contribution >= 0.6 is 0 Å². The summed E-state index contributed by atoms with van der Waals surface area (Å²) in [7, 11) is -1.40. The van der Waals surface area contributed by atoms with E-state index in [1.165, 1.54) is 0 Å². The molecule has 3 N–H and O–H groups in total. The number of para-hydroxylation sites is 1. The van der Waals surface area contributed by atoms with Crippen molar-refractivity contribution < 1.29 is 17.9 Å². The van der Waals surface area contributed by atoms with Gasteiger partial charge < -0.3 is 20.5 Å². The molecule has 0 amide bonds. The van der Waals surface area contributed by atoms with Gasteiger partial charge >= 0.3 is 0 Å². The van der Waals surface area contributed by atoms with E-state index in [0.717, 1.165) is 11.3 Å². The van der Waals surface area contributed by atoms with Crippen molar-refractivity contribution in [2.75, 3.05) is 37.1 Å². The maximum Gasteiger partial charge on any atom is 0.193 e. The first-order chi connectivity index (χ1) is 10.5. The number of guanidine groups is 1. The predicted molar refractivity (Wildman–Crippen MR) is 85.7 cm³/mol. The van der Waals surface area contributed by atoms with Crippen molar-refractivity contribution >= 4 is 21.5 Å². The van der Waals surface area contributed by atoms with Gasteiger partial charge in [-0.1, -0.05) is 18.2 Å². The Morgan fingerprint density at radius 1 is 1.50 bits per heavy atom. The van der Waals surface area contributed by atoms with Crippen molar-refractivity contribution in [1.82, 2.24) is 0 Å². The number of aliphatic imine (C=N–C) groups is 1. The zero-order valence-electron chi connectivity index (χ0n) is 12.5. The van der Waals surface area contributed by atoms with Crippen molar-refractivity contribution in [3.05, 3.63) is 29.8 Å². The molecular formula is C14H21N3O4S. The fraction of sp³-hybridized carbons (Fsp3) is 0.500. The molecule has 1 heterocycles. The highest BCUT2D eigenvalue weighted by molar-refractivity contribution is 7.91. The topological polar surface area (TPSA) is 103 Å². The van der Waals surface area contributed by atoms with Crippen LogP contribution in [-0.2, 0) is 25.9 Å². The van der Waals surface area contributed by atoms with Crippen LogP contribution in [0.5, 0.6) is 0 Å². The first-order valence-electron chi connectivity index (χ1n) is 6.96. The summed E-state index contributed by atoms with van der Waals surface area (Å²) in [5, 5.41) is 3.00. The monoisotopic (exact) mass is 327 g/mol. The van der Waals surface area contributed by atoms with Gasteiger partial charge in [-0.2, -0.15) is 0 Å². The van der Waals surface area contributed by atoms with Gasteiger partial charge in [0.05, 0.1) is 37.4 Å². The number of hydrogen-bond donors (Lipinski definition) is 2. The van der Waals surface area contributed by atoms with E-state index in [2.05, 4.69) is 10.3 Å². The molecule has 0 aromatic heterocycles. The first-order valence-corrected chi connectivity index (χ1v) is 8.78. The number of ether oxygens (including phenoxy) is 2. The number of hydrogen-bond acceptors (Lipinski definition) is 5. The Labute approximate surface area is 130 Å². The minimum atomic E-state index is -3.02. The second-order valence-electron chi connectivity index (χ2n) is 5.05. The summed E-state index contributed by atoms with van der Waals surface area (Å²) in [5.74, 6) is 0.283. The summed E-state index contributed by atoms with van der Waals surface area (Å²) in [6.07, 6.45) is -0.437. The molecule has 0 bridgehead atoms. The second kappa shape index (κ2) is 7.57. The second-order valence-corrected chi connectivity index (χ2v) is 7.28. The van der Waals surface area contributed by atoms with Gasteiger partial charge in [0.25, 0.3) is 0 Å². The summed E-state index contributed by atoms with van der Waals surface area (Å²) >= 11 is 0. The summed E-state index contributed by atoms with van der Waals surface area (Å²) in [6.45, 7) is 0.886. The zero-order chi connectivity index (χ0) is 16.0. The van der Waals surface area contributed by atoms with Crippen LogP contribution in [0.15, 0.2) is 29.3 Å². The van der Waals surface area contributed by atoms with E-state index in [-0.39, 0.29) is 30.6 Å². The molecule has 0 saturated carbocycles. The molecule has 1 aromatic carbocycles. The van der Waals surface area contributed by atoms with Crippen LogP contribution < -0.4 is 11.1 Å². The zero-order valence-corrected chi connectivity index (χ0v) is 13.3. The fourth-order valence-corrected chi connectivity index (χ4v) is 3.45. The Morgan fingerprint density at radius 2 is 2.27 bits per heavy atom. The number of nitrogens with two attached hydrogens (primary N) is 1. The van der Waals surface area contributed by atoms with Gasteiger partial charge in [-0.15, -0.1) is 0 Å². The van der Waals surface area contributed by atoms with Crippen LogP contribution in [0.1, 0.15) is 5.56 Å². The van der Waals surface area contributed by atoms with Crippen molar-refractivity contribution in [1.29, 1.82) is 0 Å². The molecule has 1 aliphatic heterocycles. The number of nitrogens with one attached hydrogen (secondary N) is 1. The lowest BCUT2D eigenvalue weighted by Crippen LogP contribution is -2.37. The van der Waals surface area contributed by atoms with Crippen LogP contribution in [-0.4, -0.2) is 52.2 Å². The molecule has 0 aliphatic carbocycles. The quantitative estimate of drug-likeness (QED) is 0.598. The Bertz CT molecular complexity index is 631. The number of nitrogens with zero attached hydrogens (tertiary/aromatic N) is 1. The molecule has 8 heteroatoms. The third kappa shape index (κ3) is 4.97. The minimum Gasteiger partial charge on any atom is -0.380 e. The van der Waals surface area contributed by atoms with Crippen LogP contribution in [0.25, 0.3) is 0 Å². The Morgan fingerprint density at radius 3 is 3.00 bits per heavy atom. The number of anilines is 1. The van der Waals surface area contributed by atoms with Crippen molar-refractivity contribution in [3.63, 3.8) is 0 Å². The lowest BCUT2D eigenvalue weighted by atomic mass is 10.2. The molecule has 122 valence electrons. The normalized spacial score (nSPS) is 21.5. The molecule has 2 rings (SSSR count). The third-order valence-corrected chi connectivity index (χ3v) is 4.90. The number of methoxy groups -OCH3 is 1. The van der Waals surface area contributed by atoms with Crippen LogP contribution in [0.3, 0.4) is 0 Å². The third-order valence-electron chi connectivity index (χ3n) is 3.23. The molecule has 1 saturated heterocycles. The molecule has 1 fully saturated rings. The van der Waals surface area contributed by atoms with Crippen LogP contribution in [0.4, 0.5) is 5.69 Å². The maximum absolute atomic E-state index is 11.5. The van der Waals surface area contributed by atoms with Crippen LogP contribution in [0, 0.1) is 0 Å². The van der Waals surface area contributed by atoms with Gasteiger partial charge in [0.1, 0.15) is 0 Å². The van der Waals surface area contributed by atoms with E-state index in [0.29, 0.717) is 6.61 Å². The Balaban J connectivity index is 1.95. The van der Waals surface area contributed by atoms with Gasteiger partial charge in [-0.25, -0.2) is 8.42 Å². The van der Waals surface area contributed by atoms with E-state index < -0.39 is 15.9 Å². The van der Waals surface area contributed by atoms with Crippen molar-refractivity contribution in [3.8, 4) is 0 Å². The molecule has 0 spiro atoms. The first kappa shape index (κ1) is 16.7. The molecule has 1 atom stereocenters. The summed E-state index contributed by atoms with van der Waals surface area (Å²) in [4.78, 5) is 4.16. The minimum absolute atomic E-state index is 0.00988. The highest BCUT2D eigenvalue weighted by Gasteiger charge is 2.25. The van der Waals surface area contributed by atoms with Gasteiger partial charge in [-0.3, -0.25) is 4.99 Å². The van der Waals surface area contributed by atoms with Gasteiger partial charge in [0.2, 0.25) is 0 Å². The molecule has 22 heavy (non-hydrogen) atoms. The molecule has 1 aromatic rings. The van der Waals surface area contributed by atoms with Gasteiger partial charge in [0.15, 0.2) is 15.8 Å². The summed E-state index contributed by atoms with van der Waals surface area (Å²) < 4.78 is 33.6. The average molecular weight is 327 g/mol. The number of rotatable bonds is 5. The SMILES string of the molecule is COCc1ccccc1NC(N)=NCC1CS(=O)(=O)CCO1. The van der Waals surface area contributed by atoms with Gasteiger partial charge in [0, 0.05) is 18.4 Å². The number of benzene rings is 1. The number of sulfone groups is 1. The lowest BCUT2D eigenvalue weighted by molar-refractivity contribution is 0.0783. The Kier molecular flexibility index (Phi) is 5.76. The van der Waals surface area contributed by atoms with E-state index in [4.69, 9.17) is 15.2 Å². The fourth-order valence-electron chi connectivity index (χ4n) is 2.16. The van der Waals surface area contributed by atoms with Gasteiger partial charge in [-0.05, 0) is 6.07 Å². The maximum atomic E-state index is 11.5. The van der Waals surface area contributed by atoms with E-state index in [9.17, 15) is 8.42 Å². The smallest absolute Gasteiger partial charge is 0.193 e. The summed E-state index contributed by atoms with van der Waals surface area (Å²) in [5.41, 5.74) is 7.61. The predicted octanol–water partition coefficient (Wildman–Crippen LogP) is 0.373. The lowest BCUT2D eigenvalue weighted by Gasteiger charge is -2.21. The Hall–Kier alpha value is -1.64. The van der Waals surface area contributed by atoms with E-state index in [1.54, 1.807) is 7.11 Å². The van der Waals surface area contributed by atoms with Crippen molar-refractivity contribution in [2.45, 2.75) is 12.7 Å². The highest BCUT2D eigenvalue weighted by Crippen LogP contribution is 2.15. The average Bonchev–Trinajstić information content (AvgIpc) is 2.46. The van der Waals surface area contributed by atoms with Crippen molar-refractivity contribution in [2.24, 2.45) is 10.7 Å².